The van der Waals surface area contributed by atoms with E-state index in [2.05, 4.69) is 18.2 Å². The Hall–Kier alpha value is -0.860. The lowest BCUT2D eigenvalue weighted by atomic mass is 9.96. The molecule has 0 radical (unpaired) electrons. The van der Waals surface area contributed by atoms with E-state index < -0.39 is 5.79 Å². The standard InChI is InChI=1S/C11H14O2/c1-11(12-2)10-6-4-3-5-9(10)7-8-13-11/h3-6H,7-8H2,1-2H3. The Bertz CT molecular complexity index is 309. The van der Waals surface area contributed by atoms with Gasteiger partial charge in [0.1, 0.15) is 0 Å². The summed E-state index contributed by atoms with van der Waals surface area (Å²) in [5.74, 6) is -0.547. The smallest absolute Gasteiger partial charge is 0.191 e. The highest BCUT2D eigenvalue weighted by atomic mass is 16.7. The van der Waals surface area contributed by atoms with Crippen molar-refractivity contribution in [3.05, 3.63) is 35.4 Å². The maximum absolute atomic E-state index is 5.62. The largest absolute Gasteiger partial charge is 0.349 e. The second kappa shape index (κ2) is 3.13. The monoisotopic (exact) mass is 178 g/mol. The molecule has 0 aliphatic carbocycles. The van der Waals surface area contributed by atoms with Gasteiger partial charge >= 0.3 is 0 Å². The van der Waals surface area contributed by atoms with E-state index >= 15 is 0 Å². The Labute approximate surface area is 78.5 Å². The normalized spacial score (nSPS) is 26.9. The Balaban J connectivity index is 2.48. The van der Waals surface area contributed by atoms with Crippen LogP contribution in [-0.4, -0.2) is 13.7 Å². The number of hydrogen-bond acceptors (Lipinski definition) is 2. The predicted octanol–water partition coefficient (Wildman–Crippen LogP) is 2.08. The first-order valence-corrected chi connectivity index (χ1v) is 4.54. The van der Waals surface area contributed by atoms with Gasteiger partial charge in [-0.25, -0.2) is 0 Å². The molecule has 1 aliphatic heterocycles. The highest BCUT2D eigenvalue weighted by Gasteiger charge is 2.32. The zero-order valence-electron chi connectivity index (χ0n) is 8.04. The van der Waals surface area contributed by atoms with Crippen molar-refractivity contribution in [2.75, 3.05) is 13.7 Å². The first-order valence-electron chi connectivity index (χ1n) is 4.54. The van der Waals surface area contributed by atoms with E-state index in [0.29, 0.717) is 0 Å². The van der Waals surface area contributed by atoms with Gasteiger partial charge in [-0.15, -0.1) is 0 Å². The fraction of sp³-hybridized carbons (Fsp3) is 0.455. The van der Waals surface area contributed by atoms with Gasteiger partial charge in [0.15, 0.2) is 5.79 Å². The van der Waals surface area contributed by atoms with Gasteiger partial charge in [0.2, 0.25) is 0 Å². The third-order valence-corrected chi connectivity index (χ3v) is 2.65. The lowest BCUT2D eigenvalue weighted by Gasteiger charge is -2.34. The Morgan fingerprint density at radius 1 is 1.38 bits per heavy atom. The molecular formula is C11H14O2. The summed E-state index contributed by atoms with van der Waals surface area (Å²) >= 11 is 0. The molecule has 1 unspecified atom stereocenters. The van der Waals surface area contributed by atoms with E-state index in [4.69, 9.17) is 9.47 Å². The van der Waals surface area contributed by atoms with E-state index in [1.54, 1.807) is 7.11 Å². The second-order valence-corrected chi connectivity index (χ2v) is 3.41. The average molecular weight is 178 g/mol. The molecule has 1 aromatic rings. The van der Waals surface area contributed by atoms with Crippen LogP contribution < -0.4 is 0 Å². The van der Waals surface area contributed by atoms with Crippen molar-refractivity contribution < 1.29 is 9.47 Å². The molecule has 0 amide bonds. The van der Waals surface area contributed by atoms with E-state index in [-0.39, 0.29) is 0 Å². The van der Waals surface area contributed by atoms with Crippen LogP contribution in [0.2, 0.25) is 0 Å². The van der Waals surface area contributed by atoms with E-state index in [0.717, 1.165) is 18.6 Å². The van der Waals surface area contributed by atoms with Crippen LogP contribution in [0.3, 0.4) is 0 Å². The summed E-state index contributed by atoms with van der Waals surface area (Å²) in [5, 5.41) is 0. The first kappa shape index (κ1) is 8.73. The van der Waals surface area contributed by atoms with Crippen LogP contribution in [0.5, 0.6) is 0 Å². The van der Waals surface area contributed by atoms with Crippen LogP contribution in [-0.2, 0) is 21.7 Å². The van der Waals surface area contributed by atoms with Gasteiger partial charge in [-0.2, -0.15) is 0 Å². The van der Waals surface area contributed by atoms with Gasteiger partial charge in [-0.1, -0.05) is 24.3 Å². The minimum atomic E-state index is -0.547. The zero-order valence-corrected chi connectivity index (χ0v) is 8.04. The summed E-state index contributed by atoms with van der Waals surface area (Å²) in [6.07, 6.45) is 0.981. The van der Waals surface area contributed by atoms with Gasteiger partial charge in [-0.3, -0.25) is 0 Å². The van der Waals surface area contributed by atoms with E-state index in [9.17, 15) is 0 Å². The molecule has 0 bridgehead atoms. The van der Waals surface area contributed by atoms with Crippen LogP contribution in [0.4, 0.5) is 0 Å². The van der Waals surface area contributed by atoms with Crippen molar-refractivity contribution in [3.63, 3.8) is 0 Å². The fourth-order valence-electron chi connectivity index (χ4n) is 1.78. The Kier molecular flexibility index (Phi) is 2.10. The molecule has 0 fully saturated rings. The molecule has 0 saturated carbocycles. The van der Waals surface area contributed by atoms with Gasteiger partial charge < -0.3 is 9.47 Å². The Morgan fingerprint density at radius 3 is 2.92 bits per heavy atom. The second-order valence-electron chi connectivity index (χ2n) is 3.41. The predicted molar refractivity (Wildman–Crippen MR) is 50.5 cm³/mol. The minimum Gasteiger partial charge on any atom is -0.349 e. The third-order valence-electron chi connectivity index (χ3n) is 2.65. The molecule has 1 atom stereocenters. The lowest BCUT2D eigenvalue weighted by molar-refractivity contribution is -0.225. The van der Waals surface area contributed by atoms with Crippen molar-refractivity contribution >= 4 is 0 Å². The molecule has 2 rings (SSSR count). The molecule has 1 heterocycles. The average Bonchev–Trinajstić information content (AvgIpc) is 2.19. The highest BCUT2D eigenvalue weighted by molar-refractivity contribution is 5.32. The van der Waals surface area contributed by atoms with E-state index in [1.807, 2.05) is 13.0 Å². The number of methoxy groups -OCH3 is 1. The van der Waals surface area contributed by atoms with Gasteiger partial charge in [0, 0.05) is 12.7 Å². The van der Waals surface area contributed by atoms with Gasteiger partial charge in [-0.05, 0) is 18.9 Å². The van der Waals surface area contributed by atoms with Crippen molar-refractivity contribution in [1.29, 1.82) is 0 Å². The third kappa shape index (κ3) is 1.36. The first-order chi connectivity index (χ1) is 6.26. The SMILES string of the molecule is COC1(C)OCCc2ccccc21. The summed E-state index contributed by atoms with van der Waals surface area (Å²) < 4.78 is 11.0. The molecule has 1 aliphatic rings. The number of hydrogen-bond donors (Lipinski definition) is 0. The maximum atomic E-state index is 5.62. The number of benzene rings is 1. The molecule has 1 aromatic carbocycles. The summed E-state index contributed by atoms with van der Waals surface area (Å²) in [4.78, 5) is 0. The van der Waals surface area contributed by atoms with Crippen LogP contribution >= 0.6 is 0 Å². The van der Waals surface area contributed by atoms with Gasteiger partial charge in [0.25, 0.3) is 0 Å². The van der Waals surface area contributed by atoms with Crippen molar-refractivity contribution in [2.24, 2.45) is 0 Å². The van der Waals surface area contributed by atoms with Crippen molar-refractivity contribution in [2.45, 2.75) is 19.1 Å². The van der Waals surface area contributed by atoms with Crippen LogP contribution in [0.15, 0.2) is 24.3 Å². The van der Waals surface area contributed by atoms with Crippen LogP contribution in [0, 0.1) is 0 Å². The molecule has 0 aromatic heterocycles. The molecule has 0 spiro atoms. The quantitative estimate of drug-likeness (QED) is 0.655. The summed E-state index contributed by atoms with van der Waals surface area (Å²) in [7, 11) is 1.68. The summed E-state index contributed by atoms with van der Waals surface area (Å²) in [6.45, 7) is 2.70. The molecule has 2 heteroatoms. The summed E-state index contributed by atoms with van der Waals surface area (Å²) in [5.41, 5.74) is 2.49. The number of ether oxygens (including phenoxy) is 2. The summed E-state index contributed by atoms with van der Waals surface area (Å²) in [6, 6.07) is 8.28. The highest BCUT2D eigenvalue weighted by Crippen LogP contribution is 2.32. The van der Waals surface area contributed by atoms with Crippen molar-refractivity contribution in [1.82, 2.24) is 0 Å². The molecule has 70 valence electrons. The zero-order chi connectivity index (χ0) is 9.31. The van der Waals surface area contributed by atoms with E-state index in [1.165, 1.54) is 5.56 Å². The van der Waals surface area contributed by atoms with Crippen LogP contribution in [0.25, 0.3) is 0 Å². The minimum absolute atomic E-state index is 0.547. The van der Waals surface area contributed by atoms with Gasteiger partial charge in [0.05, 0.1) is 6.61 Å². The molecule has 0 N–H and O–H groups in total. The maximum Gasteiger partial charge on any atom is 0.191 e. The van der Waals surface area contributed by atoms with Crippen molar-refractivity contribution in [3.8, 4) is 0 Å². The number of fused-ring (bicyclic) bond motifs is 1. The lowest BCUT2D eigenvalue weighted by Crippen LogP contribution is -2.34. The molecular weight excluding hydrogens is 164 g/mol. The Morgan fingerprint density at radius 2 is 2.15 bits per heavy atom. The molecule has 0 saturated heterocycles. The fourth-order valence-corrected chi connectivity index (χ4v) is 1.78. The number of rotatable bonds is 1. The molecule has 13 heavy (non-hydrogen) atoms. The van der Waals surface area contributed by atoms with Crippen LogP contribution in [0.1, 0.15) is 18.1 Å². The topological polar surface area (TPSA) is 18.5 Å². The molecule has 2 nitrogen and oxygen atoms in total.